The summed E-state index contributed by atoms with van der Waals surface area (Å²) in [5, 5.41) is 5.51. The third-order valence-corrected chi connectivity index (χ3v) is 1.04. The van der Waals surface area contributed by atoms with E-state index in [9.17, 15) is 4.79 Å². The van der Waals surface area contributed by atoms with Crippen molar-refractivity contribution in [3.63, 3.8) is 0 Å². The molecule has 0 rings (SSSR count). The third-order valence-electron chi connectivity index (χ3n) is 1.04. The van der Waals surface area contributed by atoms with E-state index in [1.54, 1.807) is 26.0 Å². The molecule has 4 nitrogen and oxygen atoms in total. The van der Waals surface area contributed by atoms with Crippen LogP contribution in [0.5, 0.6) is 0 Å². The maximum absolute atomic E-state index is 11.3. The summed E-state index contributed by atoms with van der Waals surface area (Å²) in [6.07, 6.45) is 0. The van der Waals surface area contributed by atoms with Crippen LogP contribution >= 0.6 is 0 Å². The molecular formula is C9H18N2O2. The summed E-state index contributed by atoms with van der Waals surface area (Å²) in [7, 11) is 3.52. The van der Waals surface area contributed by atoms with E-state index < -0.39 is 5.60 Å². The molecule has 13 heavy (non-hydrogen) atoms. The van der Waals surface area contributed by atoms with Crippen LogP contribution in [-0.2, 0) is 9.53 Å². The van der Waals surface area contributed by atoms with Gasteiger partial charge in [0.15, 0.2) is 0 Å². The molecule has 4 heteroatoms. The molecule has 0 amide bonds. The summed E-state index contributed by atoms with van der Waals surface area (Å²) >= 11 is 0. The summed E-state index contributed by atoms with van der Waals surface area (Å²) in [5.41, 5.74) is -0.0971. The zero-order chi connectivity index (χ0) is 10.6. The number of esters is 1. The molecule has 0 unspecified atom stereocenters. The second-order valence-electron chi connectivity index (χ2n) is 4.03. The van der Waals surface area contributed by atoms with Crippen LogP contribution in [-0.4, -0.2) is 36.4 Å². The van der Waals surface area contributed by atoms with Gasteiger partial charge in [-0.2, -0.15) is 5.10 Å². The molecule has 76 valence electrons. The minimum absolute atomic E-state index is 0.361. The fourth-order valence-electron chi connectivity index (χ4n) is 0.693. The highest BCUT2D eigenvalue weighted by Gasteiger charge is 2.18. The van der Waals surface area contributed by atoms with Crippen molar-refractivity contribution in [2.24, 2.45) is 5.10 Å². The molecule has 0 aliphatic heterocycles. The number of carbonyl (C=O) groups excluding carboxylic acids is 1. The van der Waals surface area contributed by atoms with E-state index in [1.807, 2.05) is 20.8 Å². The Morgan fingerprint density at radius 3 is 2.08 bits per heavy atom. The third kappa shape index (κ3) is 6.13. The molecule has 0 aromatic carbocycles. The summed E-state index contributed by atoms with van der Waals surface area (Å²) < 4.78 is 5.10. The van der Waals surface area contributed by atoms with Crippen LogP contribution in [0.2, 0.25) is 0 Å². The second-order valence-corrected chi connectivity index (χ2v) is 4.03. The van der Waals surface area contributed by atoms with E-state index in [0.29, 0.717) is 5.71 Å². The highest BCUT2D eigenvalue weighted by Crippen LogP contribution is 2.07. The van der Waals surface area contributed by atoms with Crippen molar-refractivity contribution < 1.29 is 9.53 Å². The number of ether oxygens (including phenoxy) is 1. The van der Waals surface area contributed by atoms with Crippen LogP contribution < -0.4 is 0 Å². The van der Waals surface area contributed by atoms with Crippen molar-refractivity contribution in [2.45, 2.75) is 33.3 Å². The second kappa shape index (κ2) is 4.25. The van der Waals surface area contributed by atoms with Crippen LogP contribution in [0.15, 0.2) is 5.10 Å². The summed E-state index contributed by atoms with van der Waals surface area (Å²) in [6, 6.07) is 0. The van der Waals surface area contributed by atoms with E-state index >= 15 is 0 Å². The van der Waals surface area contributed by atoms with Crippen molar-refractivity contribution in [1.82, 2.24) is 5.01 Å². The predicted octanol–water partition coefficient (Wildman–Crippen LogP) is 1.27. The average molecular weight is 186 g/mol. The van der Waals surface area contributed by atoms with Gasteiger partial charge in [-0.1, -0.05) is 0 Å². The van der Waals surface area contributed by atoms with E-state index in [2.05, 4.69) is 5.10 Å². The van der Waals surface area contributed by atoms with Gasteiger partial charge in [-0.25, -0.2) is 4.79 Å². The first-order valence-corrected chi connectivity index (χ1v) is 4.18. The Balaban J connectivity index is 4.29. The van der Waals surface area contributed by atoms with Gasteiger partial charge in [0, 0.05) is 14.1 Å². The molecule has 0 heterocycles. The normalized spacial score (nSPS) is 12.6. The lowest BCUT2D eigenvalue weighted by Crippen LogP contribution is -2.28. The van der Waals surface area contributed by atoms with E-state index in [0.717, 1.165) is 0 Å². The molecule has 0 aromatic rings. The Bertz CT molecular complexity index is 214. The number of carbonyl (C=O) groups is 1. The van der Waals surface area contributed by atoms with Crippen molar-refractivity contribution in [2.75, 3.05) is 14.1 Å². The first-order valence-electron chi connectivity index (χ1n) is 4.18. The fourth-order valence-corrected chi connectivity index (χ4v) is 0.693. The topological polar surface area (TPSA) is 41.9 Å². The van der Waals surface area contributed by atoms with Crippen molar-refractivity contribution >= 4 is 11.7 Å². The van der Waals surface area contributed by atoms with Crippen molar-refractivity contribution in [3.8, 4) is 0 Å². The highest BCUT2D eigenvalue weighted by atomic mass is 16.6. The largest absolute Gasteiger partial charge is 0.455 e. The molecule has 0 aliphatic carbocycles. The van der Waals surface area contributed by atoms with Gasteiger partial charge in [0.1, 0.15) is 11.3 Å². The molecule has 0 aromatic heterocycles. The molecule has 0 aliphatic rings. The van der Waals surface area contributed by atoms with Gasteiger partial charge in [0.25, 0.3) is 0 Å². The Labute approximate surface area is 79.6 Å². The lowest BCUT2D eigenvalue weighted by Gasteiger charge is -2.19. The molecule has 0 bridgehead atoms. The minimum Gasteiger partial charge on any atom is -0.455 e. The maximum atomic E-state index is 11.3. The minimum atomic E-state index is -0.458. The summed E-state index contributed by atoms with van der Waals surface area (Å²) in [6.45, 7) is 7.11. The molecular weight excluding hydrogens is 168 g/mol. The number of nitrogens with zero attached hydrogens (tertiary/aromatic N) is 2. The molecule has 0 fully saturated rings. The zero-order valence-electron chi connectivity index (χ0n) is 9.21. The Hall–Kier alpha value is -1.06. The number of hydrazone groups is 1. The molecule has 0 radical (unpaired) electrons. The zero-order valence-corrected chi connectivity index (χ0v) is 9.21. The molecule has 0 saturated heterocycles. The quantitative estimate of drug-likeness (QED) is 0.370. The van der Waals surface area contributed by atoms with Crippen LogP contribution in [0.25, 0.3) is 0 Å². The van der Waals surface area contributed by atoms with Gasteiger partial charge in [0.05, 0.1) is 0 Å². The molecule has 0 saturated carbocycles. The van der Waals surface area contributed by atoms with Gasteiger partial charge in [-0.3, -0.25) is 0 Å². The van der Waals surface area contributed by atoms with Gasteiger partial charge in [-0.05, 0) is 27.7 Å². The Morgan fingerprint density at radius 2 is 1.77 bits per heavy atom. The van der Waals surface area contributed by atoms with Crippen LogP contribution in [0.3, 0.4) is 0 Å². The van der Waals surface area contributed by atoms with Crippen molar-refractivity contribution in [3.05, 3.63) is 0 Å². The highest BCUT2D eigenvalue weighted by molar-refractivity contribution is 6.35. The van der Waals surface area contributed by atoms with Crippen LogP contribution in [0.4, 0.5) is 0 Å². The van der Waals surface area contributed by atoms with E-state index in [4.69, 9.17) is 4.74 Å². The van der Waals surface area contributed by atoms with Gasteiger partial charge in [-0.15, -0.1) is 0 Å². The number of hydrogen-bond acceptors (Lipinski definition) is 4. The first-order chi connectivity index (χ1) is 5.72. The predicted molar refractivity (Wildman–Crippen MR) is 52.6 cm³/mol. The Kier molecular flexibility index (Phi) is 3.91. The Morgan fingerprint density at radius 1 is 1.31 bits per heavy atom. The summed E-state index contributed by atoms with van der Waals surface area (Å²) in [5.74, 6) is -0.374. The molecule has 0 atom stereocenters. The molecule has 0 spiro atoms. The van der Waals surface area contributed by atoms with E-state index in [-0.39, 0.29) is 5.97 Å². The average Bonchev–Trinajstić information content (AvgIpc) is 1.81. The lowest BCUT2D eigenvalue weighted by atomic mass is 10.2. The maximum Gasteiger partial charge on any atom is 0.354 e. The van der Waals surface area contributed by atoms with Gasteiger partial charge in [0.2, 0.25) is 0 Å². The van der Waals surface area contributed by atoms with Gasteiger partial charge >= 0.3 is 5.97 Å². The monoisotopic (exact) mass is 186 g/mol. The SMILES string of the molecule is C/C(=N/N(C)C)C(=O)OC(C)(C)C. The fraction of sp³-hybridized carbons (Fsp3) is 0.778. The smallest absolute Gasteiger partial charge is 0.354 e. The van der Waals surface area contributed by atoms with Crippen LogP contribution in [0.1, 0.15) is 27.7 Å². The number of rotatable bonds is 2. The van der Waals surface area contributed by atoms with E-state index in [1.165, 1.54) is 0 Å². The van der Waals surface area contributed by atoms with Crippen LogP contribution in [0, 0.1) is 0 Å². The molecule has 0 N–H and O–H groups in total. The summed E-state index contributed by atoms with van der Waals surface area (Å²) in [4.78, 5) is 11.3. The number of hydrogen-bond donors (Lipinski definition) is 0. The lowest BCUT2D eigenvalue weighted by molar-refractivity contribution is -0.146. The van der Waals surface area contributed by atoms with Crippen molar-refractivity contribution in [1.29, 1.82) is 0 Å². The first kappa shape index (κ1) is 11.9. The van der Waals surface area contributed by atoms with Gasteiger partial charge < -0.3 is 9.75 Å². The standard InChI is InChI=1S/C9H18N2O2/c1-7(10-11(5)6)8(12)13-9(2,3)4/h1-6H3/b10-7-.